The van der Waals surface area contributed by atoms with E-state index in [-0.39, 0.29) is 5.78 Å². The molecule has 0 aliphatic heterocycles. The van der Waals surface area contributed by atoms with Gasteiger partial charge in [-0.1, -0.05) is 6.07 Å². The maximum atomic E-state index is 12.1. The number of carbonyl (C=O) groups excluding carboxylic acids is 1. The van der Waals surface area contributed by atoms with Crippen LogP contribution < -0.4 is 10.5 Å². The second-order valence-corrected chi connectivity index (χ2v) is 4.21. The highest BCUT2D eigenvalue weighted by atomic mass is 32.1. The number of methoxy groups -OCH3 is 1. The molecule has 0 radical (unpaired) electrons. The van der Waals surface area contributed by atoms with Crippen LogP contribution in [-0.2, 0) is 0 Å². The fourth-order valence-corrected chi connectivity index (χ4v) is 2.11. The minimum Gasteiger partial charge on any atom is -0.496 e. The van der Waals surface area contributed by atoms with Crippen LogP contribution in [0.25, 0.3) is 0 Å². The summed E-state index contributed by atoms with van der Waals surface area (Å²) < 4.78 is 5.15. The highest BCUT2D eigenvalue weighted by Crippen LogP contribution is 2.25. The molecule has 0 bridgehead atoms. The number of thiophene rings is 1. The first kappa shape index (κ1) is 10.7. The van der Waals surface area contributed by atoms with Crippen molar-refractivity contribution in [2.75, 3.05) is 12.8 Å². The van der Waals surface area contributed by atoms with Gasteiger partial charge in [-0.25, -0.2) is 0 Å². The Balaban J connectivity index is 2.44. The number of nitrogens with two attached hydrogens (primary N) is 1. The molecule has 82 valence electrons. The standard InChI is InChI=1S/C12H11NO2S/c1-15-10-7-8(13)4-5-9(10)12(14)11-3-2-6-16-11/h2-7H,13H2,1H3. The molecule has 0 unspecified atom stereocenters. The summed E-state index contributed by atoms with van der Waals surface area (Å²) in [6.45, 7) is 0. The number of benzene rings is 1. The molecule has 0 saturated heterocycles. The minimum absolute atomic E-state index is 0.0353. The first-order valence-electron chi connectivity index (χ1n) is 4.74. The minimum atomic E-state index is -0.0353. The molecule has 1 heterocycles. The average Bonchev–Trinajstić information content (AvgIpc) is 2.81. The number of ketones is 1. The van der Waals surface area contributed by atoms with Crippen molar-refractivity contribution in [3.8, 4) is 5.75 Å². The lowest BCUT2D eigenvalue weighted by molar-refractivity contribution is 0.103. The summed E-state index contributed by atoms with van der Waals surface area (Å²) in [4.78, 5) is 12.8. The average molecular weight is 233 g/mol. The van der Waals surface area contributed by atoms with Gasteiger partial charge in [-0.3, -0.25) is 4.79 Å². The predicted molar refractivity (Wildman–Crippen MR) is 65.2 cm³/mol. The van der Waals surface area contributed by atoms with Crippen molar-refractivity contribution in [1.29, 1.82) is 0 Å². The summed E-state index contributed by atoms with van der Waals surface area (Å²) in [7, 11) is 1.53. The van der Waals surface area contributed by atoms with Gasteiger partial charge in [0.2, 0.25) is 5.78 Å². The number of nitrogen functional groups attached to an aromatic ring is 1. The van der Waals surface area contributed by atoms with Gasteiger partial charge in [-0.15, -0.1) is 11.3 Å². The second-order valence-electron chi connectivity index (χ2n) is 3.27. The molecule has 0 fully saturated rings. The number of hydrogen-bond donors (Lipinski definition) is 1. The van der Waals surface area contributed by atoms with Crippen LogP contribution in [0, 0.1) is 0 Å². The molecule has 2 rings (SSSR count). The van der Waals surface area contributed by atoms with E-state index in [2.05, 4.69) is 0 Å². The van der Waals surface area contributed by atoms with Crippen LogP contribution in [0.15, 0.2) is 35.7 Å². The molecule has 0 aliphatic carbocycles. The Morgan fingerprint density at radius 1 is 1.38 bits per heavy atom. The number of carbonyl (C=O) groups is 1. The molecule has 0 saturated carbocycles. The van der Waals surface area contributed by atoms with Crippen molar-refractivity contribution in [3.63, 3.8) is 0 Å². The largest absolute Gasteiger partial charge is 0.496 e. The molecule has 16 heavy (non-hydrogen) atoms. The molecule has 2 aromatic rings. The zero-order chi connectivity index (χ0) is 11.5. The number of anilines is 1. The highest BCUT2D eigenvalue weighted by Gasteiger charge is 2.15. The summed E-state index contributed by atoms with van der Waals surface area (Å²) in [6, 6.07) is 8.69. The lowest BCUT2D eigenvalue weighted by atomic mass is 10.1. The van der Waals surface area contributed by atoms with Crippen LogP contribution in [0.1, 0.15) is 15.2 Å². The van der Waals surface area contributed by atoms with Gasteiger partial charge in [0.25, 0.3) is 0 Å². The van der Waals surface area contributed by atoms with Gasteiger partial charge >= 0.3 is 0 Å². The fourth-order valence-electron chi connectivity index (χ4n) is 1.44. The van der Waals surface area contributed by atoms with Gasteiger partial charge in [0.15, 0.2) is 0 Å². The predicted octanol–water partition coefficient (Wildman–Crippen LogP) is 2.57. The third-order valence-corrected chi connectivity index (χ3v) is 3.08. The maximum Gasteiger partial charge on any atom is 0.206 e. The molecular formula is C12H11NO2S. The molecule has 1 aromatic carbocycles. The van der Waals surface area contributed by atoms with Crippen LogP contribution in [0.2, 0.25) is 0 Å². The van der Waals surface area contributed by atoms with E-state index >= 15 is 0 Å². The molecular weight excluding hydrogens is 222 g/mol. The Hall–Kier alpha value is -1.81. The van der Waals surface area contributed by atoms with Gasteiger partial charge in [0.1, 0.15) is 5.75 Å². The second kappa shape index (κ2) is 4.37. The third-order valence-electron chi connectivity index (χ3n) is 2.22. The van der Waals surface area contributed by atoms with E-state index in [0.717, 1.165) is 0 Å². The van der Waals surface area contributed by atoms with Gasteiger partial charge < -0.3 is 10.5 Å². The summed E-state index contributed by atoms with van der Waals surface area (Å²) in [5.74, 6) is 0.477. The van der Waals surface area contributed by atoms with Crippen molar-refractivity contribution in [2.45, 2.75) is 0 Å². The van der Waals surface area contributed by atoms with Crippen molar-refractivity contribution in [1.82, 2.24) is 0 Å². The van der Waals surface area contributed by atoms with E-state index in [9.17, 15) is 4.79 Å². The summed E-state index contributed by atoms with van der Waals surface area (Å²) in [6.07, 6.45) is 0. The highest BCUT2D eigenvalue weighted by molar-refractivity contribution is 7.12. The van der Waals surface area contributed by atoms with Gasteiger partial charge in [-0.05, 0) is 23.6 Å². The fraction of sp³-hybridized carbons (Fsp3) is 0.0833. The Morgan fingerprint density at radius 3 is 2.81 bits per heavy atom. The quantitative estimate of drug-likeness (QED) is 0.654. The Labute approximate surface area is 97.5 Å². The molecule has 0 spiro atoms. The number of hydrogen-bond acceptors (Lipinski definition) is 4. The monoisotopic (exact) mass is 233 g/mol. The van der Waals surface area contributed by atoms with E-state index in [4.69, 9.17) is 10.5 Å². The zero-order valence-corrected chi connectivity index (χ0v) is 9.58. The summed E-state index contributed by atoms with van der Waals surface area (Å²) >= 11 is 1.41. The molecule has 0 amide bonds. The molecule has 2 N–H and O–H groups in total. The van der Waals surface area contributed by atoms with Crippen LogP contribution in [0.5, 0.6) is 5.75 Å². The van der Waals surface area contributed by atoms with Crippen LogP contribution in [0.3, 0.4) is 0 Å². The molecule has 4 heteroatoms. The topological polar surface area (TPSA) is 52.3 Å². The zero-order valence-electron chi connectivity index (χ0n) is 8.77. The number of rotatable bonds is 3. The lowest BCUT2D eigenvalue weighted by Gasteiger charge is -2.07. The van der Waals surface area contributed by atoms with Crippen molar-refractivity contribution < 1.29 is 9.53 Å². The SMILES string of the molecule is COc1cc(N)ccc1C(=O)c1cccs1. The lowest BCUT2D eigenvalue weighted by Crippen LogP contribution is -2.02. The van der Waals surface area contributed by atoms with Crippen molar-refractivity contribution >= 4 is 22.8 Å². The molecule has 0 atom stereocenters. The normalized spacial score (nSPS) is 10.1. The van der Waals surface area contributed by atoms with Crippen molar-refractivity contribution in [2.24, 2.45) is 0 Å². The smallest absolute Gasteiger partial charge is 0.206 e. The van der Waals surface area contributed by atoms with E-state index in [0.29, 0.717) is 21.9 Å². The van der Waals surface area contributed by atoms with Crippen LogP contribution in [-0.4, -0.2) is 12.9 Å². The summed E-state index contributed by atoms with van der Waals surface area (Å²) in [5.41, 5.74) is 6.76. The van der Waals surface area contributed by atoms with E-state index in [1.807, 2.05) is 11.4 Å². The Morgan fingerprint density at radius 2 is 2.19 bits per heavy atom. The third kappa shape index (κ3) is 1.92. The van der Waals surface area contributed by atoms with Crippen LogP contribution >= 0.6 is 11.3 Å². The maximum absolute atomic E-state index is 12.1. The Kier molecular flexibility index (Phi) is 2.92. The first-order valence-corrected chi connectivity index (χ1v) is 5.62. The Bertz CT molecular complexity index is 506. The van der Waals surface area contributed by atoms with Crippen LogP contribution in [0.4, 0.5) is 5.69 Å². The molecule has 0 aliphatic rings. The molecule has 3 nitrogen and oxygen atoms in total. The van der Waals surface area contributed by atoms with E-state index < -0.39 is 0 Å². The van der Waals surface area contributed by atoms with Gasteiger partial charge in [0, 0.05) is 11.8 Å². The van der Waals surface area contributed by atoms with E-state index in [1.165, 1.54) is 18.4 Å². The summed E-state index contributed by atoms with van der Waals surface area (Å²) in [5, 5.41) is 1.87. The molecule has 1 aromatic heterocycles. The van der Waals surface area contributed by atoms with Gasteiger partial charge in [0.05, 0.1) is 17.6 Å². The van der Waals surface area contributed by atoms with E-state index in [1.54, 1.807) is 24.3 Å². The number of ether oxygens (including phenoxy) is 1. The van der Waals surface area contributed by atoms with Gasteiger partial charge in [-0.2, -0.15) is 0 Å². The first-order chi connectivity index (χ1) is 7.72. The van der Waals surface area contributed by atoms with Crippen molar-refractivity contribution in [3.05, 3.63) is 46.2 Å².